The van der Waals surface area contributed by atoms with Crippen LogP contribution in [0.4, 0.5) is 0 Å². The molecule has 4 heteroatoms. The van der Waals surface area contributed by atoms with Crippen LogP contribution in [0.5, 0.6) is 11.5 Å². The highest BCUT2D eigenvalue weighted by Gasteiger charge is 2.34. The Balaban J connectivity index is 3.93. The minimum atomic E-state index is -1.19. The van der Waals surface area contributed by atoms with E-state index in [1.54, 1.807) is 0 Å². The molecule has 1 rings (SSSR count). The van der Waals surface area contributed by atoms with E-state index in [0.717, 1.165) is 6.07 Å². The van der Waals surface area contributed by atoms with Crippen molar-refractivity contribution in [3.8, 4) is 11.5 Å². The number of phenols is 2. The van der Waals surface area contributed by atoms with Gasteiger partial charge in [-0.1, -0.05) is 41.5 Å². The maximum absolute atomic E-state index is 11.4. The van der Waals surface area contributed by atoms with Crippen LogP contribution in [-0.2, 0) is 10.8 Å². The number of carboxylic acids is 1. The number of carbonyl (C=O) groups is 1. The van der Waals surface area contributed by atoms with E-state index in [4.69, 9.17) is 0 Å². The predicted octanol–water partition coefficient (Wildman–Crippen LogP) is 3.39. The fraction of sp³-hybridized carbons (Fsp3) is 0.533. The first-order valence-electron chi connectivity index (χ1n) is 6.20. The van der Waals surface area contributed by atoms with Gasteiger partial charge in [-0.3, -0.25) is 0 Å². The molecule has 1 aromatic rings. The Bertz CT molecular complexity index is 516. The van der Waals surface area contributed by atoms with Gasteiger partial charge in [-0.15, -0.1) is 0 Å². The van der Waals surface area contributed by atoms with Crippen molar-refractivity contribution in [3.63, 3.8) is 0 Å². The van der Waals surface area contributed by atoms with Crippen LogP contribution in [0.25, 0.3) is 0 Å². The van der Waals surface area contributed by atoms with Crippen molar-refractivity contribution in [2.45, 2.75) is 52.4 Å². The van der Waals surface area contributed by atoms with Crippen molar-refractivity contribution in [1.82, 2.24) is 0 Å². The highest BCUT2D eigenvalue weighted by Crippen LogP contribution is 2.44. The lowest BCUT2D eigenvalue weighted by atomic mass is 9.72. The van der Waals surface area contributed by atoms with Gasteiger partial charge in [0.1, 0.15) is 17.1 Å². The fourth-order valence-corrected chi connectivity index (χ4v) is 2.38. The zero-order valence-corrected chi connectivity index (χ0v) is 12.3. The van der Waals surface area contributed by atoms with Crippen molar-refractivity contribution < 1.29 is 20.1 Å². The molecule has 0 radical (unpaired) electrons. The van der Waals surface area contributed by atoms with Gasteiger partial charge in [0.25, 0.3) is 0 Å². The van der Waals surface area contributed by atoms with Crippen LogP contribution in [-0.4, -0.2) is 21.3 Å². The van der Waals surface area contributed by atoms with Crippen molar-refractivity contribution in [3.05, 3.63) is 22.8 Å². The van der Waals surface area contributed by atoms with E-state index in [1.807, 2.05) is 41.5 Å². The van der Waals surface area contributed by atoms with Gasteiger partial charge in [-0.25, -0.2) is 4.79 Å². The molecule has 0 spiro atoms. The second-order valence-corrected chi connectivity index (χ2v) is 6.84. The SMILES string of the molecule is CC(C)(C)c1c(O)cc(O)c(C(=O)O)c1C(C)(C)C. The fourth-order valence-electron chi connectivity index (χ4n) is 2.38. The third-order valence-electron chi connectivity index (χ3n) is 3.00. The number of benzene rings is 1. The van der Waals surface area contributed by atoms with Gasteiger partial charge < -0.3 is 15.3 Å². The van der Waals surface area contributed by atoms with Crippen molar-refractivity contribution in [1.29, 1.82) is 0 Å². The summed E-state index contributed by atoms with van der Waals surface area (Å²) in [5.74, 6) is -1.66. The van der Waals surface area contributed by atoms with E-state index in [1.165, 1.54) is 0 Å². The van der Waals surface area contributed by atoms with Gasteiger partial charge in [0.2, 0.25) is 0 Å². The first-order chi connectivity index (χ1) is 8.37. The molecule has 1 aromatic carbocycles. The van der Waals surface area contributed by atoms with Crippen LogP contribution in [0.1, 0.15) is 63.0 Å². The Kier molecular flexibility index (Phi) is 3.59. The standard InChI is InChI=1S/C15H22O4/c1-14(2,3)11-9(17)7-8(16)10(13(18)19)12(11)15(4,5)6/h7,16-17H,1-6H3,(H,18,19). The highest BCUT2D eigenvalue weighted by molar-refractivity contribution is 5.94. The molecular formula is C15H22O4. The second kappa shape index (κ2) is 4.44. The number of phenolic OH excluding ortho intramolecular Hbond substituents is 1. The van der Waals surface area contributed by atoms with Crippen LogP contribution in [0.3, 0.4) is 0 Å². The average Bonchev–Trinajstić information content (AvgIpc) is 2.11. The summed E-state index contributed by atoms with van der Waals surface area (Å²) in [5, 5.41) is 29.3. The maximum atomic E-state index is 11.4. The molecule has 0 heterocycles. The molecular weight excluding hydrogens is 244 g/mol. The molecule has 0 unspecified atom stereocenters. The largest absolute Gasteiger partial charge is 0.507 e. The molecule has 106 valence electrons. The smallest absolute Gasteiger partial charge is 0.339 e. The summed E-state index contributed by atoms with van der Waals surface area (Å²) in [5.41, 5.74) is -0.0209. The molecule has 19 heavy (non-hydrogen) atoms. The minimum Gasteiger partial charge on any atom is -0.507 e. The number of rotatable bonds is 1. The molecule has 0 saturated carbocycles. The molecule has 0 aliphatic rings. The number of hydrogen-bond acceptors (Lipinski definition) is 3. The molecule has 0 aliphatic carbocycles. The number of hydrogen-bond donors (Lipinski definition) is 3. The number of aromatic carboxylic acids is 1. The zero-order chi connectivity index (χ0) is 15.2. The average molecular weight is 266 g/mol. The summed E-state index contributed by atoms with van der Waals surface area (Å²) in [6, 6.07) is 1.11. The summed E-state index contributed by atoms with van der Waals surface area (Å²) in [6.07, 6.45) is 0. The first-order valence-corrected chi connectivity index (χ1v) is 6.20. The van der Waals surface area contributed by atoms with Gasteiger partial charge in [0, 0.05) is 11.6 Å². The monoisotopic (exact) mass is 266 g/mol. The molecule has 0 amide bonds. The van der Waals surface area contributed by atoms with E-state index in [-0.39, 0.29) is 11.3 Å². The quantitative estimate of drug-likeness (QED) is 0.728. The van der Waals surface area contributed by atoms with Gasteiger partial charge in [-0.2, -0.15) is 0 Å². The minimum absolute atomic E-state index is 0.0695. The van der Waals surface area contributed by atoms with Crippen LogP contribution in [0.15, 0.2) is 6.07 Å². The summed E-state index contributed by atoms with van der Waals surface area (Å²) < 4.78 is 0. The molecule has 4 nitrogen and oxygen atoms in total. The zero-order valence-electron chi connectivity index (χ0n) is 12.3. The third-order valence-corrected chi connectivity index (χ3v) is 3.00. The molecule has 0 bridgehead atoms. The molecule has 0 fully saturated rings. The van der Waals surface area contributed by atoms with Crippen molar-refractivity contribution in [2.75, 3.05) is 0 Å². The summed E-state index contributed by atoms with van der Waals surface area (Å²) in [7, 11) is 0. The lowest BCUT2D eigenvalue weighted by molar-refractivity contribution is 0.0690. The molecule has 0 aliphatic heterocycles. The van der Waals surface area contributed by atoms with Crippen LogP contribution in [0, 0.1) is 0 Å². The van der Waals surface area contributed by atoms with E-state index >= 15 is 0 Å². The van der Waals surface area contributed by atoms with Crippen LogP contribution < -0.4 is 0 Å². The normalized spacial score (nSPS) is 12.5. The number of carboxylic acid groups (broad SMARTS) is 1. The Morgan fingerprint density at radius 1 is 0.895 bits per heavy atom. The summed E-state index contributed by atoms with van der Waals surface area (Å²) in [6.45, 7) is 11.3. The molecule has 3 N–H and O–H groups in total. The molecule has 0 atom stereocenters. The van der Waals surface area contributed by atoms with E-state index in [9.17, 15) is 20.1 Å². The number of aromatic hydroxyl groups is 2. The van der Waals surface area contributed by atoms with Crippen LogP contribution >= 0.6 is 0 Å². The van der Waals surface area contributed by atoms with Gasteiger partial charge in [-0.05, 0) is 16.4 Å². The van der Waals surface area contributed by atoms with E-state index in [2.05, 4.69) is 0 Å². The Hall–Kier alpha value is -1.71. The van der Waals surface area contributed by atoms with E-state index < -0.39 is 22.5 Å². The Morgan fingerprint density at radius 2 is 1.32 bits per heavy atom. The van der Waals surface area contributed by atoms with Gasteiger partial charge in [0.15, 0.2) is 0 Å². The Morgan fingerprint density at radius 3 is 1.63 bits per heavy atom. The lowest BCUT2D eigenvalue weighted by Crippen LogP contribution is -2.25. The van der Waals surface area contributed by atoms with Gasteiger partial charge >= 0.3 is 5.97 Å². The molecule has 0 saturated heterocycles. The molecule has 0 aromatic heterocycles. The first kappa shape index (κ1) is 15.3. The maximum Gasteiger partial charge on any atom is 0.339 e. The third kappa shape index (κ3) is 2.83. The Labute approximate surface area is 113 Å². The predicted molar refractivity (Wildman–Crippen MR) is 74.1 cm³/mol. The van der Waals surface area contributed by atoms with Crippen LogP contribution in [0.2, 0.25) is 0 Å². The van der Waals surface area contributed by atoms with E-state index in [0.29, 0.717) is 11.1 Å². The lowest BCUT2D eigenvalue weighted by Gasteiger charge is -2.32. The summed E-state index contributed by atoms with van der Waals surface area (Å²) in [4.78, 5) is 11.4. The van der Waals surface area contributed by atoms with Gasteiger partial charge in [0.05, 0.1) is 0 Å². The van der Waals surface area contributed by atoms with Crippen molar-refractivity contribution in [2.24, 2.45) is 0 Å². The topological polar surface area (TPSA) is 77.8 Å². The second-order valence-electron chi connectivity index (χ2n) is 6.84. The van der Waals surface area contributed by atoms with Crippen molar-refractivity contribution >= 4 is 5.97 Å². The summed E-state index contributed by atoms with van der Waals surface area (Å²) >= 11 is 0. The highest BCUT2D eigenvalue weighted by atomic mass is 16.4.